The average Bonchev–Trinajstić information content (AvgIpc) is 3.43. The first-order chi connectivity index (χ1) is 19.6. The minimum absolute atomic E-state index is 0.420. The lowest BCUT2D eigenvalue weighted by Gasteiger charge is -2.28. The molecule has 0 fully saturated rings. The molecule has 10 nitrogen and oxygen atoms in total. The summed E-state index contributed by atoms with van der Waals surface area (Å²) in [7, 11) is -2.73. The number of nitrogens with zero attached hydrogens (tertiary/aromatic N) is 3. The van der Waals surface area contributed by atoms with Crippen LogP contribution in [0, 0.1) is 0 Å². The first-order valence-electron chi connectivity index (χ1n) is 13.6. The second-order valence-corrected chi connectivity index (χ2v) is 11.8. The number of fused-ring (bicyclic) bond motifs is 6. The van der Waals surface area contributed by atoms with E-state index in [0.29, 0.717) is 50.4 Å². The van der Waals surface area contributed by atoms with Gasteiger partial charge in [-0.15, -0.1) is 0 Å². The highest BCUT2D eigenvalue weighted by Gasteiger charge is 2.39. The lowest BCUT2D eigenvalue weighted by Crippen LogP contribution is -2.46. The van der Waals surface area contributed by atoms with Crippen molar-refractivity contribution in [3.05, 3.63) is 60.9 Å². The fourth-order valence-corrected chi connectivity index (χ4v) is 7.41. The van der Waals surface area contributed by atoms with Gasteiger partial charge in [0.25, 0.3) is 0 Å². The SMILES string of the molecule is CCO[Si](CCCNC(=O)Oc1ccc(-c2nc3c4cccnc4c4ncccc4c3[nH]2)cc1)(OCC)OCC. The quantitative estimate of drug-likeness (QED) is 0.111. The number of pyridine rings is 2. The smallest absolute Gasteiger partial charge is 0.410 e. The lowest BCUT2D eigenvalue weighted by atomic mass is 10.1. The molecule has 11 heteroatoms. The molecule has 1 amide bonds. The van der Waals surface area contributed by atoms with Crippen molar-refractivity contribution >= 4 is 47.7 Å². The van der Waals surface area contributed by atoms with Gasteiger partial charge in [0, 0.05) is 61.1 Å². The van der Waals surface area contributed by atoms with Gasteiger partial charge in [-0.05, 0) is 75.7 Å². The van der Waals surface area contributed by atoms with Gasteiger partial charge in [0.1, 0.15) is 11.6 Å². The van der Waals surface area contributed by atoms with E-state index >= 15 is 0 Å². The third kappa shape index (κ3) is 5.82. The maximum atomic E-state index is 12.4. The Bertz CT molecular complexity index is 1520. The Morgan fingerprint density at radius 3 is 2.12 bits per heavy atom. The van der Waals surface area contributed by atoms with Crippen molar-refractivity contribution in [1.82, 2.24) is 25.3 Å². The number of carbonyl (C=O) groups is 1. The van der Waals surface area contributed by atoms with Crippen molar-refractivity contribution < 1.29 is 22.8 Å². The molecule has 0 radical (unpaired) electrons. The summed E-state index contributed by atoms with van der Waals surface area (Å²) < 4.78 is 23.1. The van der Waals surface area contributed by atoms with Crippen LogP contribution in [-0.2, 0) is 13.3 Å². The molecular formula is C29H33N5O5Si. The zero-order valence-corrected chi connectivity index (χ0v) is 23.9. The van der Waals surface area contributed by atoms with E-state index < -0.39 is 14.9 Å². The molecule has 0 saturated heterocycles. The molecule has 2 N–H and O–H groups in total. The predicted molar refractivity (Wildman–Crippen MR) is 156 cm³/mol. The fourth-order valence-electron chi connectivity index (χ4n) is 4.80. The Hall–Kier alpha value is -3.90. The molecule has 0 bridgehead atoms. The largest absolute Gasteiger partial charge is 0.500 e. The molecule has 0 spiro atoms. The lowest BCUT2D eigenvalue weighted by molar-refractivity contribution is 0.0708. The van der Waals surface area contributed by atoms with E-state index in [-0.39, 0.29) is 0 Å². The van der Waals surface area contributed by atoms with Crippen LogP contribution in [0.15, 0.2) is 60.9 Å². The van der Waals surface area contributed by atoms with Crippen LogP contribution in [0.25, 0.3) is 44.2 Å². The average molecular weight is 560 g/mol. The van der Waals surface area contributed by atoms with Crippen molar-refractivity contribution in [2.24, 2.45) is 0 Å². The number of rotatable bonds is 12. The van der Waals surface area contributed by atoms with Crippen molar-refractivity contribution in [1.29, 1.82) is 0 Å². The van der Waals surface area contributed by atoms with Gasteiger partial charge in [0.15, 0.2) is 0 Å². The van der Waals surface area contributed by atoms with Gasteiger partial charge >= 0.3 is 14.9 Å². The van der Waals surface area contributed by atoms with E-state index in [2.05, 4.69) is 20.3 Å². The number of hydrogen-bond donors (Lipinski definition) is 2. The van der Waals surface area contributed by atoms with E-state index in [9.17, 15) is 4.79 Å². The highest BCUT2D eigenvalue weighted by Crippen LogP contribution is 2.33. The van der Waals surface area contributed by atoms with Crippen LogP contribution < -0.4 is 10.1 Å². The summed E-state index contributed by atoms with van der Waals surface area (Å²) in [5.41, 5.74) is 4.26. The van der Waals surface area contributed by atoms with Crippen LogP contribution in [0.4, 0.5) is 4.79 Å². The molecule has 0 unspecified atom stereocenters. The Kier molecular flexibility index (Phi) is 8.65. The topological polar surface area (TPSA) is 120 Å². The normalized spacial score (nSPS) is 11.9. The second kappa shape index (κ2) is 12.5. The van der Waals surface area contributed by atoms with Crippen LogP contribution in [-0.4, -0.2) is 61.2 Å². The van der Waals surface area contributed by atoms with Gasteiger partial charge in [-0.25, -0.2) is 9.78 Å². The van der Waals surface area contributed by atoms with Gasteiger partial charge < -0.3 is 28.3 Å². The number of aromatic nitrogens is 4. The number of benzene rings is 2. The molecule has 0 aliphatic carbocycles. The number of amides is 1. The van der Waals surface area contributed by atoms with Crippen LogP contribution in [0.3, 0.4) is 0 Å². The Morgan fingerprint density at radius 1 is 0.850 bits per heavy atom. The molecular weight excluding hydrogens is 526 g/mol. The van der Waals surface area contributed by atoms with Gasteiger partial charge in [-0.3, -0.25) is 9.97 Å². The first-order valence-corrected chi connectivity index (χ1v) is 15.5. The molecule has 0 aliphatic rings. The molecule has 5 aromatic rings. The Labute approximate surface area is 233 Å². The summed E-state index contributed by atoms with van der Waals surface area (Å²) in [4.78, 5) is 29.9. The molecule has 5 rings (SSSR count). The number of aromatic amines is 1. The van der Waals surface area contributed by atoms with Crippen molar-refractivity contribution in [3.8, 4) is 17.1 Å². The molecule has 2 aromatic carbocycles. The summed E-state index contributed by atoms with van der Waals surface area (Å²) >= 11 is 0. The molecule has 0 aliphatic heterocycles. The molecule has 40 heavy (non-hydrogen) atoms. The number of hydrogen-bond acceptors (Lipinski definition) is 8. The Morgan fingerprint density at radius 2 is 1.48 bits per heavy atom. The zero-order chi connectivity index (χ0) is 28.0. The monoisotopic (exact) mass is 559 g/mol. The number of ether oxygens (including phenoxy) is 1. The minimum Gasteiger partial charge on any atom is -0.410 e. The zero-order valence-electron chi connectivity index (χ0n) is 22.9. The van der Waals surface area contributed by atoms with E-state index in [1.54, 1.807) is 24.5 Å². The van der Waals surface area contributed by atoms with Crippen LogP contribution in [0.5, 0.6) is 5.75 Å². The van der Waals surface area contributed by atoms with E-state index in [1.807, 2.05) is 57.2 Å². The second-order valence-electron chi connectivity index (χ2n) is 9.03. The third-order valence-corrected chi connectivity index (χ3v) is 9.58. The van der Waals surface area contributed by atoms with Gasteiger partial charge in [0.2, 0.25) is 0 Å². The molecule has 0 atom stereocenters. The van der Waals surface area contributed by atoms with E-state index in [4.69, 9.17) is 23.0 Å². The molecule has 3 aromatic heterocycles. The number of imidazole rings is 1. The summed E-state index contributed by atoms with van der Waals surface area (Å²) in [6, 6.07) is 15.7. The summed E-state index contributed by atoms with van der Waals surface area (Å²) in [5.74, 6) is 1.14. The highest BCUT2D eigenvalue weighted by molar-refractivity contribution is 6.60. The molecule has 0 saturated carbocycles. The van der Waals surface area contributed by atoms with E-state index in [0.717, 1.165) is 38.4 Å². The molecule has 208 valence electrons. The van der Waals surface area contributed by atoms with E-state index in [1.165, 1.54) is 0 Å². The molecule has 3 heterocycles. The van der Waals surface area contributed by atoms with Crippen LogP contribution >= 0.6 is 0 Å². The summed E-state index contributed by atoms with van der Waals surface area (Å²) in [6.07, 6.45) is 3.67. The van der Waals surface area contributed by atoms with Crippen LogP contribution in [0.2, 0.25) is 6.04 Å². The standard InChI is InChI=1S/C29H33N5O5Si/c1-4-36-40(37-5-2,38-6-3)19-9-18-32-29(35)39-21-14-12-20(13-15-21)28-33-26-22-10-7-16-30-24(22)25-23(27(26)34-28)11-8-17-31-25/h7-8,10-17H,4-6,9,18-19H2,1-3H3,(H,32,35)(H,33,34). The van der Waals surface area contributed by atoms with Gasteiger partial charge in [0.05, 0.1) is 22.1 Å². The maximum absolute atomic E-state index is 12.4. The number of H-pyrrole nitrogens is 1. The maximum Gasteiger partial charge on any atom is 0.500 e. The summed E-state index contributed by atoms with van der Waals surface area (Å²) in [6.45, 7) is 7.76. The number of carbonyl (C=O) groups excluding carboxylic acids is 1. The predicted octanol–water partition coefficient (Wildman–Crippen LogP) is 5.85. The summed E-state index contributed by atoms with van der Waals surface area (Å²) in [5, 5.41) is 4.69. The van der Waals surface area contributed by atoms with Gasteiger partial charge in [-0.2, -0.15) is 0 Å². The van der Waals surface area contributed by atoms with Gasteiger partial charge in [-0.1, -0.05) is 0 Å². The minimum atomic E-state index is -2.73. The first kappa shape index (κ1) is 27.7. The van der Waals surface area contributed by atoms with Crippen molar-refractivity contribution in [2.75, 3.05) is 26.4 Å². The highest BCUT2D eigenvalue weighted by atomic mass is 28.4. The fraction of sp³-hybridized carbons (Fsp3) is 0.310. The van der Waals surface area contributed by atoms with Crippen molar-refractivity contribution in [3.63, 3.8) is 0 Å². The third-order valence-electron chi connectivity index (χ3n) is 6.43. The Balaban J connectivity index is 1.25. The van der Waals surface area contributed by atoms with Crippen molar-refractivity contribution in [2.45, 2.75) is 33.2 Å². The van der Waals surface area contributed by atoms with Crippen LogP contribution in [0.1, 0.15) is 27.2 Å². The number of nitrogens with one attached hydrogen (secondary N) is 2.